The van der Waals surface area contributed by atoms with E-state index < -0.39 is 5.54 Å². The summed E-state index contributed by atoms with van der Waals surface area (Å²) in [5.74, 6) is 0.832. The Hall–Kier alpha value is -1.73. The third kappa shape index (κ3) is 3.36. The number of rotatable bonds is 5. The van der Waals surface area contributed by atoms with Crippen molar-refractivity contribution in [2.75, 3.05) is 32.6 Å². The smallest absolute Gasteiger partial charge is 0.121 e. The zero-order chi connectivity index (χ0) is 12.9. The normalized spacial score (nSPS) is 13.6. The van der Waals surface area contributed by atoms with E-state index in [9.17, 15) is 0 Å². The molecule has 0 saturated carbocycles. The van der Waals surface area contributed by atoms with Crippen LogP contribution in [0.4, 0.5) is 5.69 Å². The van der Waals surface area contributed by atoms with E-state index >= 15 is 0 Å². The summed E-state index contributed by atoms with van der Waals surface area (Å²) < 4.78 is 5.11. The summed E-state index contributed by atoms with van der Waals surface area (Å²) in [5.41, 5.74) is 0.511. The fraction of sp³-hybridized carbons (Fsp3) is 0.462. The first-order valence-electron chi connectivity index (χ1n) is 5.50. The molecule has 4 nitrogen and oxygen atoms in total. The van der Waals surface area contributed by atoms with Crippen LogP contribution in [0.1, 0.15) is 6.92 Å². The van der Waals surface area contributed by atoms with Crippen molar-refractivity contribution in [3.8, 4) is 11.8 Å². The van der Waals surface area contributed by atoms with Crippen molar-refractivity contribution in [2.45, 2.75) is 12.5 Å². The van der Waals surface area contributed by atoms with Gasteiger partial charge in [-0.1, -0.05) is 0 Å². The predicted octanol–water partition coefficient (Wildman–Crippen LogP) is 1.63. The van der Waals surface area contributed by atoms with E-state index in [0.29, 0.717) is 6.54 Å². The number of likely N-dealkylation sites (N-methyl/N-ethyl adjacent to an activating group) is 2. The van der Waals surface area contributed by atoms with Crippen molar-refractivity contribution in [2.24, 2.45) is 0 Å². The SMILES string of the molecule is CNC(C)(C#N)CN(C)c1ccc(OC)cc1. The number of hydrogen-bond donors (Lipinski definition) is 1. The Kier molecular flexibility index (Phi) is 4.36. The van der Waals surface area contributed by atoms with Crippen molar-refractivity contribution in [1.29, 1.82) is 5.26 Å². The van der Waals surface area contributed by atoms with E-state index in [1.54, 1.807) is 14.2 Å². The van der Waals surface area contributed by atoms with E-state index in [4.69, 9.17) is 10.00 Å². The summed E-state index contributed by atoms with van der Waals surface area (Å²) in [6, 6.07) is 10.1. The Labute approximate surface area is 103 Å². The van der Waals surface area contributed by atoms with Gasteiger partial charge in [0.25, 0.3) is 0 Å². The summed E-state index contributed by atoms with van der Waals surface area (Å²) in [4.78, 5) is 2.04. The maximum Gasteiger partial charge on any atom is 0.121 e. The topological polar surface area (TPSA) is 48.3 Å². The molecule has 1 aromatic carbocycles. The molecule has 0 saturated heterocycles. The van der Waals surface area contributed by atoms with Crippen molar-refractivity contribution in [3.63, 3.8) is 0 Å². The summed E-state index contributed by atoms with van der Waals surface area (Å²) in [5, 5.41) is 12.1. The number of nitrogens with zero attached hydrogens (tertiary/aromatic N) is 2. The lowest BCUT2D eigenvalue weighted by molar-refractivity contribution is 0.414. The Morgan fingerprint density at radius 3 is 2.41 bits per heavy atom. The van der Waals surface area contributed by atoms with Crippen LogP contribution < -0.4 is 15.0 Å². The number of hydrogen-bond acceptors (Lipinski definition) is 4. The van der Waals surface area contributed by atoms with Gasteiger partial charge in [0.15, 0.2) is 0 Å². The van der Waals surface area contributed by atoms with Crippen molar-refractivity contribution in [1.82, 2.24) is 5.32 Å². The third-order valence-corrected chi connectivity index (χ3v) is 2.87. The maximum atomic E-state index is 9.10. The second-order valence-electron chi connectivity index (χ2n) is 4.25. The van der Waals surface area contributed by atoms with Gasteiger partial charge in [-0.3, -0.25) is 0 Å². The molecule has 0 aromatic heterocycles. The van der Waals surface area contributed by atoms with Crippen LogP contribution in [0.15, 0.2) is 24.3 Å². The monoisotopic (exact) mass is 233 g/mol. The first-order chi connectivity index (χ1) is 8.04. The molecule has 1 unspecified atom stereocenters. The molecule has 17 heavy (non-hydrogen) atoms. The standard InChI is InChI=1S/C13H19N3O/c1-13(9-14,15-2)10-16(3)11-5-7-12(17-4)8-6-11/h5-8,15H,10H2,1-4H3. The molecule has 1 atom stereocenters. The van der Waals surface area contributed by atoms with E-state index in [0.717, 1.165) is 11.4 Å². The van der Waals surface area contributed by atoms with Gasteiger partial charge >= 0.3 is 0 Å². The highest BCUT2D eigenvalue weighted by atomic mass is 16.5. The minimum absolute atomic E-state index is 0.547. The second-order valence-corrected chi connectivity index (χ2v) is 4.25. The van der Waals surface area contributed by atoms with Gasteiger partial charge in [-0.25, -0.2) is 0 Å². The largest absolute Gasteiger partial charge is 0.497 e. The average molecular weight is 233 g/mol. The molecule has 1 aromatic rings. The van der Waals surface area contributed by atoms with Gasteiger partial charge in [-0.15, -0.1) is 0 Å². The Morgan fingerprint density at radius 1 is 1.41 bits per heavy atom. The molecule has 0 fully saturated rings. The van der Waals surface area contributed by atoms with Crippen LogP contribution in [0.5, 0.6) is 5.75 Å². The fourth-order valence-corrected chi connectivity index (χ4v) is 1.57. The fourth-order valence-electron chi connectivity index (χ4n) is 1.57. The van der Waals surface area contributed by atoms with Crippen LogP contribution in [0.2, 0.25) is 0 Å². The molecule has 1 rings (SSSR count). The number of benzene rings is 1. The van der Waals surface area contributed by atoms with Crippen molar-refractivity contribution in [3.05, 3.63) is 24.3 Å². The van der Waals surface area contributed by atoms with Crippen LogP contribution in [0.3, 0.4) is 0 Å². The first-order valence-corrected chi connectivity index (χ1v) is 5.50. The van der Waals surface area contributed by atoms with Crippen LogP contribution >= 0.6 is 0 Å². The maximum absolute atomic E-state index is 9.10. The van der Waals surface area contributed by atoms with Gasteiger partial charge < -0.3 is 15.0 Å². The van der Waals surface area contributed by atoms with Crippen LogP contribution in [-0.4, -0.2) is 33.3 Å². The van der Waals surface area contributed by atoms with Crippen LogP contribution in [0, 0.1) is 11.3 Å². The van der Waals surface area contributed by atoms with Gasteiger partial charge in [-0.05, 0) is 38.2 Å². The van der Waals surface area contributed by atoms with Gasteiger partial charge in [0.05, 0.1) is 13.2 Å². The number of nitriles is 1. The summed E-state index contributed by atoms with van der Waals surface area (Å²) >= 11 is 0. The molecular formula is C13H19N3O. The van der Waals surface area contributed by atoms with Crippen LogP contribution in [0.25, 0.3) is 0 Å². The van der Waals surface area contributed by atoms with Gasteiger partial charge in [0.2, 0.25) is 0 Å². The van der Waals surface area contributed by atoms with Gasteiger partial charge in [-0.2, -0.15) is 5.26 Å². The molecular weight excluding hydrogens is 214 g/mol. The van der Waals surface area contributed by atoms with Crippen molar-refractivity contribution >= 4 is 5.69 Å². The quantitative estimate of drug-likeness (QED) is 0.839. The lowest BCUT2D eigenvalue weighted by Crippen LogP contribution is -2.47. The summed E-state index contributed by atoms with van der Waals surface area (Å²) in [7, 11) is 5.41. The number of anilines is 1. The molecule has 92 valence electrons. The zero-order valence-electron chi connectivity index (χ0n) is 10.8. The van der Waals surface area contributed by atoms with Gasteiger partial charge in [0.1, 0.15) is 11.3 Å². The first kappa shape index (κ1) is 13.3. The van der Waals surface area contributed by atoms with Crippen molar-refractivity contribution < 1.29 is 4.74 Å². The molecule has 0 aliphatic rings. The molecule has 0 amide bonds. The summed E-state index contributed by atoms with van der Waals surface area (Å²) in [6.07, 6.45) is 0. The molecule has 0 bridgehead atoms. The minimum atomic E-state index is -0.547. The molecule has 0 radical (unpaired) electrons. The van der Waals surface area contributed by atoms with E-state index in [2.05, 4.69) is 11.4 Å². The third-order valence-electron chi connectivity index (χ3n) is 2.87. The van der Waals surface area contributed by atoms with Gasteiger partial charge in [0, 0.05) is 19.3 Å². The lowest BCUT2D eigenvalue weighted by atomic mass is 10.0. The predicted molar refractivity (Wildman–Crippen MR) is 69.3 cm³/mol. The number of ether oxygens (including phenoxy) is 1. The highest BCUT2D eigenvalue weighted by molar-refractivity contribution is 5.49. The van der Waals surface area contributed by atoms with E-state index in [-0.39, 0.29) is 0 Å². The summed E-state index contributed by atoms with van der Waals surface area (Å²) in [6.45, 7) is 2.50. The Morgan fingerprint density at radius 2 is 2.00 bits per heavy atom. The zero-order valence-corrected chi connectivity index (χ0v) is 10.8. The molecule has 0 aliphatic carbocycles. The Bertz CT molecular complexity index is 396. The minimum Gasteiger partial charge on any atom is -0.497 e. The second kappa shape index (κ2) is 5.55. The Balaban J connectivity index is 2.76. The molecule has 4 heteroatoms. The van der Waals surface area contributed by atoms with E-state index in [1.165, 1.54) is 0 Å². The average Bonchev–Trinajstić information content (AvgIpc) is 2.38. The van der Waals surface area contributed by atoms with E-state index in [1.807, 2.05) is 43.1 Å². The molecule has 0 heterocycles. The molecule has 1 N–H and O–H groups in total. The lowest BCUT2D eigenvalue weighted by Gasteiger charge is -2.29. The number of methoxy groups -OCH3 is 1. The highest BCUT2D eigenvalue weighted by Crippen LogP contribution is 2.19. The molecule has 0 spiro atoms. The highest BCUT2D eigenvalue weighted by Gasteiger charge is 2.23. The van der Waals surface area contributed by atoms with Crippen LogP contribution in [-0.2, 0) is 0 Å². The molecule has 0 aliphatic heterocycles. The number of nitrogens with one attached hydrogen (secondary N) is 1.